The first-order chi connectivity index (χ1) is 11.7. The number of aromatic nitrogens is 2. The molecule has 1 aromatic carbocycles. The molecule has 1 aliphatic rings. The van der Waals surface area contributed by atoms with Crippen LogP contribution in [0.3, 0.4) is 0 Å². The lowest BCUT2D eigenvalue weighted by Gasteiger charge is -2.44. The van der Waals surface area contributed by atoms with Crippen molar-refractivity contribution in [2.24, 2.45) is 4.99 Å². The van der Waals surface area contributed by atoms with Crippen molar-refractivity contribution in [2.45, 2.75) is 38.6 Å². The normalized spacial score (nSPS) is 18.1. The predicted molar refractivity (Wildman–Crippen MR) is 94.3 cm³/mol. The predicted octanol–water partition coefficient (Wildman–Crippen LogP) is 4.52. The van der Waals surface area contributed by atoms with E-state index in [-0.39, 0.29) is 11.6 Å². The summed E-state index contributed by atoms with van der Waals surface area (Å²) < 4.78 is 30.2. The molecule has 0 aliphatic carbocycles. The monoisotopic (exact) mass is 339 g/mol. The van der Waals surface area contributed by atoms with Crippen molar-refractivity contribution in [1.82, 2.24) is 9.38 Å². The lowest BCUT2D eigenvalue weighted by Crippen LogP contribution is -2.47. The van der Waals surface area contributed by atoms with E-state index in [0.717, 1.165) is 5.56 Å². The second-order valence-electron chi connectivity index (χ2n) is 7.53. The van der Waals surface area contributed by atoms with E-state index in [1.165, 1.54) is 18.3 Å². The fourth-order valence-corrected chi connectivity index (χ4v) is 3.47. The minimum Gasteiger partial charge on any atom is -0.295 e. The standard InChI is InChI=1S/C20H19F2N3/c1-19(2)17-13(6-5-7-14(17)22)18(24-20(19,3)4)15-10-23-16-9-8-12(21)11-25(15)16/h5-11H,1-4H3. The smallest absolute Gasteiger partial charge is 0.139 e. The topological polar surface area (TPSA) is 29.7 Å². The van der Waals surface area contributed by atoms with Crippen LogP contribution in [0, 0.1) is 11.6 Å². The third-order valence-electron chi connectivity index (χ3n) is 5.53. The van der Waals surface area contributed by atoms with Crippen molar-refractivity contribution in [3.05, 3.63) is 71.2 Å². The van der Waals surface area contributed by atoms with E-state index < -0.39 is 11.0 Å². The van der Waals surface area contributed by atoms with Gasteiger partial charge in [-0.3, -0.25) is 9.39 Å². The second kappa shape index (κ2) is 4.97. The van der Waals surface area contributed by atoms with Crippen LogP contribution in [0.1, 0.15) is 44.5 Å². The number of aliphatic imine (C=N–C) groups is 1. The molecule has 0 saturated carbocycles. The number of fused-ring (bicyclic) bond motifs is 2. The number of nitrogens with zero attached hydrogens (tertiary/aromatic N) is 3. The van der Waals surface area contributed by atoms with E-state index in [9.17, 15) is 8.78 Å². The fraction of sp³-hybridized carbons (Fsp3) is 0.300. The molecular formula is C20H19F2N3. The van der Waals surface area contributed by atoms with Crippen molar-refractivity contribution >= 4 is 11.4 Å². The summed E-state index contributed by atoms with van der Waals surface area (Å²) in [5.74, 6) is -0.606. The third-order valence-corrected chi connectivity index (χ3v) is 5.53. The first-order valence-corrected chi connectivity index (χ1v) is 8.24. The Bertz CT molecular complexity index is 1030. The number of hydrogen-bond donors (Lipinski definition) is 0. The SMILES string of the molecule is CC1(C)N=C(c2cnc3ccc(F)cn23)c2cccc(F)c2C1(C)C. The molecule has 3 aromatic rings. The average Bonchev–Trinajstić information content (AvgIpc) is 2.94. The highest BCUT2D eigenvalue weighted by Gasteiger charge is 2.45. The number of halogens is 2. The lowest BCUT2D eigenvalue weighted by atomic mass is 9.66. The fourth-order valence-electron chi connectivity index (χ4n) is 3.47. The highest BCUT2D eigenvalue weighted by atomic mass is 19.1. The second-order valence-corrected chi connectivity index (χ2v) is 7.53. The van der Waals surface area contributed by atoms with Gasteiger partial charge in [-0.2, -0.15) is 0 Å². The number of hydrogen-bond acceptors (Lipinski definition) is 2. The summed E-state index contributed by atoms with van der Waals surface area (Å²) in [6, 6.07) is 8.02. The quantitative estimate of drug-likeness (QED) is 0.641. The van der Waals surface area contributed by atoms with Crippen LogP contribution in [0.2, 0.25) is 0 Å². The Hall–Kier alpha value is -2.56. The molecule has 0 spiro atoms. The summed E-state index contributed by atoms with van der Waals surface area (Å²) in [5, 5.41) is 0. The van der Waals surface area contributed by atoms with E-state index in [4.69, 9.17) is 4.99 Å². The van der Waals surface area contributed by atoms with E-state index >= 15 is 0 Å². The van der Waals surface area contributed by atoms with Gasteiger partial charge in [0.2, 0.25) is 0 Å². The van der Waals surface area contributed by atoms with E-state index in [0.29, 0.717) is 22.6 Å². The maximum atomic E-state index is 14.8. The Kier molecular flexibility index (Phi) is 3.17. The van der Waals surface area contributed by atoms with Crippen LogP contribution >= 0.6 is 0 Å². The molecule has 25 heavy (non-hydrogen) atoms. The van der Waals surface area contributed by atoms with Gasteiger partial charge in [0.15, 0.2) is 0 Å². The van der Waals surface area contributed by atoms with Gasteiger partial charge in [-0.05, 0) is 32.0 Å². The Labute approximate surface area is 145 Å². The molecule has 2 aromatic heterocycles. The summed E-state index contributed by atoms with van der Waals surface area (Å²) in [7, 11) is 0. The Morgan fingerprint density at radius 2 is 1.76 bits per heavy atom. The molecule has 0 amide bonds. The number of benzene rings is 1. The summed E-state index contributed by atoms with van der Waals surface area (Å²) in [5.41, 5.74) is 2.27. The molecule has 3 heterocycles. The van der Waals surface area contributed by atoms with Gasteiger partial charge in [-0.25, -0.2) is 13.8 Å². The Morgan fingerprint density at radius 3 is 2.52 bits per heavy atom. The molecule has 0 bridgehead atoms. The molecule has 0 N–H and O–H groups in total. The van der Waals surface area contributed by atoms with Crippen LogP contribution in [0.5, 0.6) is 0 Å². The third kappa shape index (κ3) is 2.15. The maximum Gasteiger partial charge on any atom is 0.139 e. The van der Waals surface area contributed by atoms with Crippen LogP contribution < -0.4 is 0 Å². The first-order valence-electron chi connectivity index (χ1n) is 8.24. The van der Waals surface area contributed by atoms with E-state index in [1.54, 1.807) is 22.7 Å². The first kappa shape index (κ1) is 15.9. The van der Waals surface area contributed by atoms with Crippen molar-refractivity contribution in [3.8, 4) is 0 Å². The zero-order valence-corrected chi connectivity index (χ0v) is 14.6. The van der Waals surface area contributed by atoms with Gasteiger partial charge in [0.1, 0.15) is 17.3 Å². The molecule has 128 valence electrons. The molecule has 3 nitrogen and oxygen atoms in total. The van der Waals surface area contributed by atoms with Crippen LogP contribution in [0.4, 0.5) is 8.78 Å². The van der Waals surface area contributed by atoms with Crippen molar-refractivity contribution in [3.63, 3.8) is 0 Å². The molecule has 1 aliphatic heterocycles. The summed E-state index contributed by atoms with van der Waals surface area (Å²) in [6.07, 6.45) is 3.04. The minimum absolute atomic E-state index is 0.247. The Balaban J connectivity index is 2.06. The molecule has 0 atom stereocenters. The summed E-state index contributed by atoms with van der Waals surface area (Å²) in [6.45, 7) is 7.99. The maximum absolute atomic E-state index is 14.8. The largest absolute Gasteiger partial charge is 0.295 e. The zero-order chi connectivity index (χ0) is 18.0. The molecular weight excluding hydrogens is 320 g/mol. The lowest BCUT2D eigenvalue weighted by molar-refractivity contribution is 0.293. The van der Waals surface area contributed by atoms with Gasteiger partial charge >= 0.3 is 0 Å². The van der Waals surface area contributed by atoms with Crippen LogP contribution in [-0.4, -0.2) is 20.6 Å². The van der Waals surface area contributed by atoms with E-state index in [2.05, 4.69) is 4.98 Å². The molecule has 5 heteroatoms. The van der Waals surface area contributed by atoms with Crippen molar-refractivity contribution in [1.29, 1.82) is 0 Å². The van der Waals surface area contributed by atoms with Gasteiger partial charge in [0.05, 0.1) is 23.1 Å². The number of pyridine rings is 1. The van der Waals surface area contributed by atoms with Crippen molar-refractivity contribution < 1.29 is 8.78 Å². The number of imidazole rings is 1. The molecule has 0 saturated heterocycles. The summed E-state index contributed by atoms with van der Waals surface area (Å²) >= 11 is 0. The van der Waals surface area contributed by atoms with Gasteiger partial charge < -0.3 is 0 Å². The van der Waals surface area contributed by atoms with Gasteiger partial charge in [0, 0.05) is 22.7 Å². The van der Waals surface area contributed by atoms with Gasteiger partial charge in [-0.15, -0.1) is 0 Å². The molecule has 0 radical (unpaired) electrons. The molecule has 0 fully saturated rings. The highest BCUT2D eigenvalue weighted by molar-refractivity contribution is 6.14. The minimum atomic E-state index is -0.533. The van der Waals surface area contributed by atoms with Gasteiger partial charge in [-0.1, -0.05) is 26.0 Å². The van der Waals surface area contributed by atoms with Crippen LogP contribution in [-0.2, 0) is 5.41 Å². The van der Waals surface area contributed by atoms with Crippen LogP contribution in [0.15, 0.2) is 47.7 Å². The van der Waals surface area contributed by atoms with Crippen LogP contribution in [0.25, 0.3) is 5.65 Å². The highest BCUT2D eigenvalue weighted by Crippen LogP contribution is 2.44. The van der Waals surface area contributed by atoms with Gasteiger partial charge in [0.25, 0.3) is 0 Å². The Morgan fingerprint density at radius 1 is 1.00 bits per heavy atom. The van der Waals surface area contributed by atoms with Crippen molar-refractivity contribution in [2.75, 3.05) is 0 Å². The number of rotatable bonds is 1. The molecule has 0 unspecified atom stereocenters. The average molecular weight is 339 g/mol. The zero-order valence-electron chi connectivity index (χ0n) is 14.6. The summed E-state index contributed by atoms with van der Waals surface area (Å²) in [4.78, 5) is 9.27. The van der Waals surface area contributed by atoms with E-state index in [1.807, 2.05) is 33.8 Å². The molecule has 4 rings (SSSR count).